The number of carbonyl (C=O) groups is 2. The number of hydrogen-bond acceptors (Lipinski definition) is 6. The molecule has 0 amide bonds. The first-order chi connectivity index (χ1) is 11.4. The van der Waals surface area contributed by atoms with Crippen LogP contribution in [0.15, 0.2) is 22.7 Å². The fourth-order valence-corrected chi connectivity index (χ4v) is 3.14. The van der Waals surface area contributed by atoms with Gasteiger partial charge in [-0.15, -0.1) is 0 Å². The fraction of sp³-hybridized carbons (Fsp3) is 0.267. The van der Waals surface area contributed by atoms with E-state index >= 15 is 0 Å². The van der Waals surface area contributed by atoms with Crippen molar-refractivity contribution in [3.05, 3.63) is 51.4 Å². The molecule has 1 aliphatic carbocycles. The summed E-state index contributed by atoms with van der Waals surface area (Å²) in [4.78, 5) is 24.2. The highest BCUT2D eigenvalue weighted by atomic mass is 35.5. The molecule has 126 valence electrons. The van der Waals surface area contributed by atoms with Gasteiger partial charge in [-0.3, -0.25) is 9.00 Å². The van der Waals surface area contributed by atoms with Crippen LogP contribution in [0, 0.1) is 0 Å². The van der Waals surface area contributed by atoms with Gasteiger partial charge >= 0.3 is 5.97 Å². The van der Waals surface area contributed by atoms with Crippen LogP contribution in [0.4, 0.5) is 0 Å². The van der Waals surface area contributed by atoms with Gasteiger partial charge in [-0.05, 0) is 36.6 Å². The lowest BCUT2D eigenvalue weighted by molar-refractivity contribution is 0.0682. The number of rotatable bonds is 6. The molecular weight excluding hydrogens is 358 g/mol. The molecule has 0 bridgehead atoms. The van der Waals surface area contributed by atoms with Crippen LogP contribution in [0.2, 0.25) is 5.02 Å². The first kappa shape index (κ1) is 16.8. The molecule has 7 nitrogen and oxygen atoms in total. The van der Waals surface area contributed by atoms with Gasteiger partial charge in [0.25, 0.3) is 0 Å². The number of hydrogen-bond donors (Lipinski definition) is 1. The Labute approximate surface area is 143 Å². The van der Waals surface area contributed by atoms with Gasteiger partial charge in [0, 0.05) is 22.3 Å². The molecule has 0 radical (unpaired) electrons. The summed E-state index contributed by atoms with van der Waals surface area (Å²) in [7, 11) is 0. The maximum Gasteiger partial charge on any atom is 0.358 e. The predicted molar refractivity (Wildman–Crippen MR) is 82.9 cm³/mol. The summed E-state index contributed by atoms with van der Waals surface area (Å²) in [6.45, 7) is 0. The lowest BCUT2D eigenvalue weighted by atomic mass is 9.96. The molecule has 1 aliphatic rings. The predicted octanol–water partition coefficient (Wildman–Crippen LogP) is 2.51. The summed E-state index contributed by atoms with van der Waals surface area (Å²) in [5.41, 5.74) is -0.326. The Hall–Kier alpha value is -2.03. The minimum Gasteiger partial charge on any atom is -0.772 e. The molecule has 1 unspecified atom stereocenters. The van der Waals surface area contributed by atoms with Crippen LogP contribution in [0.3, 0.4) is 0 Å². The Bertz CT molecular complexity index is 858. The quantitative estimate of drug-likeness (QED) is 0.614. The van der Waals surface area contributed by atoms with E-state index in [1.165, 1.54) is 18.2 Å². The van der Waals surface area contributed by atoms with Gasteiger partial charge in [0.1, 0.15) is 5.56 Å². The van der Waals surface area contributed by atoms with Crippen LogP contribution >= 0.6 is 11.6 Å². The molecule has 0 aliphatic heterocycles. The van der Waals surface area contributed by atoms with E-state index in [2.05, 4.69) is 5.16 Å². The van der Waals surface area contributed by atoms with Gasteiger partial charge in [-0.25, -0.2) is 4.79 Å². The molecule has 1 fully saturated rings. The van der Waals surface area contributed by atoms with Crippen LogP contribution in [0.1, 0.15) is 56.5 Å². The van der Waals surface area contributed by atoms with Gasteiger partial charge in [-0.1, -0.05) is 27.8 Å². The highest BCUT2D eigenvalue weighted by molar-refractivity contribution is 7.78. The minimum absolute atomic E-state index is 0.0334. The first-order valence-electron chi connectivity index (χ1n) is 7.00. The second-order valence-corrected chi connectivity index (χ2v) is 6.76. The van der Waals surface area contributed by atoms with Crippen LogP contribution in [-0.4, -0.2) is 30.8 Å². The third kappa shape index (κ3) is 3.26. The molecular formula is C15H11ClNO6S-. The van der Waals surface area contributed by atoms with E-state index < -0.39 is 34.3 Å². The van der Waals surface area contributed by atoms with Crippen molar-refractivity contribution in [1.29, 1.82) is 0 Å². The third-order valence-corrected chi connectivity index (χ3v) is 4.46. The van der Waals surface area contributed by atoms with Crippen molar-refractivity contribution in [2.45, 2.75) is 24.5 Å². The number of carboxylic acid groups (broad SMARTS) is 1. The lowest BCUT2D eigenvalue weighted by Crippen LogP contribution is -2.13. The average Bonchev–Trinajstić information content (AvgIpc) is 3.24. The fourth-order valence-electron chi connectivity index (χ4n) is 2.46. The summed E-state index contributed by atoms with van der Waals surface area (Å²) >= 11 is 3.44. The number of carbonyl (C=O) groups excluding carboxylic acids is 1. The van der Waals surface area contributed by atoms with E-state index in [1.807, 2.05) is 0 Å². The summed E-state index contributed by atoms with van der Waals surface area (Å²) in [5.74, 6) is -2.21. The Balaban J connectivity index is 2.11. The molecule has 3 rings (SSSR count). The highest BCUT2D eigenvalue weighted by Crippen LogP contribution is 2.43. The van der Waals surface area contributed by atoms with E-state index in [0.717, 1.165) is 12.8 Å². The van der Waals surface area contributed by atoms with Crippen molar-refractivity contribution in [2.75, 3.05) is 0 Å². The second kappa shape index (κ2) is 6.46. The number of aromatic nitrogens is 1. The van der Waals surface area contributed by atoms with E-state index in [4.69, 9.17) is 16.1 Å². The number of carboxylic acids is 1. The highest BCUT2D eigenvalue weighted by Gasteiger charge is 2.37. The van der Waals surface area contributed by atoms with Gasteiger partial charge in [0.2, 0.25) is 5.69 Å². The van der Waals surface area contributed by atoms with Gasteiger partial charge in [0.15, 0.2) is 11.5 Å². The molecule has 24 heavy (non-hydrogen) atoms. The van der Waals surface area contributed by atoms with Crippen molar-refractivity contribution in [3.8, 4) is 0 Å². The summed E-state index contributed by atoms with van der Waals surface area (Å²) in [6.07, 6.45) is 1.57. The Morgan fingerprint density at radius 3 is 2.71 bits per heavy atom. The molecule has 1 saturated carbocycles. The molecule has 9 heteroatoms. The molecule has 2 aromatic rings. The molecule has 0 spiro atoms. The average molecular weight is 369 g/mol. The number of aromatic carboxylic acids is 1. The van der Waals surface area contributed by atoms with Gasteiger partial charge in [-0.2, -0.15) is 0 Å². The van der Waals surface area contributed by atoms with E-state index in [9.17, 15) is 23.5 Å². The Kier molecular flexibility index (Phi) is 4.53. The smallest absolute Gasteiger partial charge is 0.358 e. The molecule has 1 N–H and O–H groups in total. The lowest BCUT2D eigenvalue weighted by Gasteiger charge is -2.11. The zero-order chi connectivity index (χ0) is 17.4. The zero-order valence-electron chi connectivity index (χ0n) is 12.2. The van der Waals surface area contributed by atoms with Crippen molar-refractivity contribution >= 4 is 34.4 Å². The Morgan fingerprint density at radius 2 is 2.12 bits per heavy atom. The summed E-state index contributed by atoms with van der Waals surface area (Å²) in [5, 5.41) is 13.0. The van der Waals surface area contributed by atoms with Crippen LogP contribution in [0.25, 0.3) is 0 Å². The van der Waals surface area contributed by atoms with Crippen molar-refractivity contribution in [3.63, 3.8) is 0 Å². The van der Waals surface area contributed by atoms with Gasteiger partial charge in [0.05, 0.1) is 0 Å². The van der Waals surface area contributed by atoms with Crippen LogP contribution < -0.4 is 0 Å². The molecule has 1 aromatic carbocycles. The van der Waals surface area contributed by atoms with Crippen LogP contribution in [0.5, 0.6) is 0 Å². The van der Waals surface area contributed by atoms with Crippen molar-refractivity contribution in [2.24, 2.45) is 0 Å². The number of benzene rings is 1. The van der Waals surface area contributed by atoms with Crippen molar-refractivity contribution in [1.82, 2.24) is 5.16 Å². The SMILES string of the molecule is O=C(O)c1noc(C2CC2)c1C(=O)c1ccc(Cl)cc1CS(=O)[O-]. The van der Waals surface area contributed by atoms with Crippen molar-refractivity contribution < 1.29 is 28.0 Å². The molecule has 1 heterocycles. The Morgan fingerprint density at radius 1 is 1.42 bits per heavy atom. The number of ketones is 1. The maximum atomic E-state index is 12.9. The molecule has 1 aromatic heterocycles. The standard InChI is InChI=1S/C15H12ClNO6S/c16-9-3-4-10(8(5-9)6-24(21)22)13(18)11-12(15(19)20)17-23-14(11)7-1-2-7/h3-5,7H,1-2,6H2,(H,19,20)(H,21,22)/p-1. The summed E-state index contributed by atoms with van der Waals surface area (Å²) in [6, 6.07) is 4.19. The zero-order valence-corrected chi connectivity index (χ0v) is 13.7. The van der Waals surface area contributed by atoms with Crippen LogP contribution in [-0.2, 0) is 16.8 Å². The third-order valence-electron chi connectivity index (χ3n) is 3.68. The second-order valence-electron chi connectivity index (χ2n) is 5.43. The van der Waals surface area contributed by atoms with E-state index in [-0.39, 0.29) is 33.4 Å². The summed E-state index contributed by atoms with van der Waals surface area (Å²) < 4.78 is 27.1. The number of halogens is 1. The topological polar surface area (TPSA) is 121 Å². The molecule has 1 atom stereocenters. The van der Waals surface area contributed by atoms with E-state index in [0.29, 0.717) is 0 Å². The minimum atomic E-state index is -2.43. The normalized spacial score (nSPS) is 15.2. The largest absolute Gasteiger partial charge is 0.772 e. The molecule has 0 saturated heterocycles. The number of nitrogens with zero attached hydrogens (tertiary/aromatic N) is 1. The maximum absolute atomic E-state index is 12.9. The van der Waals surface area contributed by atoms with E-state index in [1.54, 1.807) is 0 Å². The first-order valence-corrected chi connectivity index (χ1v) is 8.62. The monoisotopic (exact) mass is 368 g/mol. The van der Waals surface area contributed by atoms with Gasteiger partial charge < -0.3 is 14.2 Å².